The second kappa shape index (κ2) is 11.5. The van der Waals surface area contributed by atoms with Crippen molar-refractivity contribution in [2.45, 2.75) is 25.9 Å². The number of carbonyl (C=O) groups is 2. The lowest BCUT2D eigenvalue weighted by Gasteiger charge is -2.20. The fraction of sp³-hybridized carbons (Fsp3) is 0.156. The van der Waals surface area contributed by atoms with Gasteiger partial charge in [0.05, 0.1) is 40.4 Å². The SMILES string of the molecule is CC(N)C(=O)c1c(C#Cc2cccc3nc([C@@H](C)NC(=O)c4c(N)nn5cccnc45)n(-c4ccccc4)c(=O)c23)cnn1C. The van der Waals surface area contributed by atoms with Gasteiger partial charge in [-0.05, 0) is 44.2 Å². The van der Waals surface area contributed by atoms with Gasteiger partial charge in [-0.3, -0.25) is 23.6 Å². The van der Waals surface area contributed by atoms with Gasteiger partial charge in [0.15, 0.2) is 17.2 Å². The van der Waals surface area contributed by atoms with Crippen molar-refractivity contribution >= 4 is 34.1 Å². The van der Waals surface area contributed by atoms with Crippen LogP contribution in [0.3, 0.4) is 0 Å². The number of aryl methyl sites for hydroxylation is 1. The minimum absolute atomic E-state index is 0.0212. The van der Waals surface area contributed by atoms with Gasteiger partial charge < -0.3 is 16.8 Å². The Morgan fingerprint density at radius 3 is 2.51 bits per heavy atom. The molecule has 4 aromatic heterocycles. The first-order chi connectivity index (χ1) is 21.7. The molecule has 0 aliphatic rings. The number of nitrogens with zero attached hydrogens (tertiary/aromatic N) is 7. The smallest absolute Gasteiger partial charge is 0.267 e. The summed E-state index contributed by atoms with van der Waals surface area (Å²) in [6.07, 6.45) is 4.67. The number of benzene rings is 2. The van der Waals surface area contributed by atoms with E-state index in [4.69, 9.17) is 16.5 Å². The second-order valence-corrected chi connectivity index (χ2v) is 10.4. The minimum atomic E-state index is -0.746. The van der Waals surface area contributed by atoms with E-state index in [0.717, 1.165) is 0 Å². The molecular weight excluding hydrogens is 572 g/mol. The predicted molar refractivity (Wildman–Crippen MR) is 168 cm³/mol. The van der Waals surface area contributed by atoms with E-state index >= 15 is 0 Å². The molecule has 45 heavy (non-hydrogen) atoms. The highest BCUT2D eigenvalue weighted by Crippen LogP contribution is 2.22. The molecule has 2 atom stereocenters. The molecule has 6 rings (SSSR count). The first-order valence-electron chi connectivity index (χ1n) is 14.0. The van der Waals surface area contributed by atoms with Crippen molar-refractivity contribution in [2.24, 2.45) is 12.8 Å². The lowest BCUT2D eigenvalue weighted by atomic mass is 10.1. The van der Waals surface area contributed by atoms with Crippen LogP contribution in [0.25, 0.3) is 22.2 Å². The average molecular weight is 601 g/mol. The molecule has 0 saturated heterocycles. The number of anilines is 1. The molecule has 0 aliphatic carbocycles. The molecule has 0 bridgehead atoms. The van der Waals surface area contributed by atoms with E-state index in [1.54, 1.807) is 81.8 Å². The van der Waals surface area contributed by atoms with Gasteiger partial charge in [0, 0.05) is 25.0 Å². The van der Waals surface area contributed by atoms with Crippen molar-refractivity contribution in [3.8, 4) is 17.5 Å². The number of amides is 1. The number of ketones is 1. The summed E-state index contributed by atoms with van der Waals surface area (Å²) in [6, 6.07) is 14.3. The van der Waals surface area contributed by atoms with Crippen LogP contribution in [-0.4, -0.2) is 51.7 Å². The quantitative estimate of drug-likeness (QED) is 0.191. The van der Waals surface area contributed by atoms with E-state index in [2.05, 4.69) is 32.3 Å². The zero-order valence-corrected chi connectivity index (χ0v) is 24.6. The molecule has 2 aromatic carbocycles. The molecule has 0 saturated carbocycles. The Hall–Kier alpha value is -6.13. The van der Waals surface area contributed by atoms with E-state index in [9.17, 15) is 14.4 Å². The van der Waals surface area contributed by atoms with E-state index in [-0.39, 0.29) is 39.6 Å². The molecule has 4 heterocycles. The van der Waals surface area contributed by atoms with Crippen LogP contribution in [0, 0.1) is 11.8 Å². The fourth-order valence-electron chi connectivity index (χ4n) is 5.10. The number of para-hydroxylation sites is 1. The van der Waals surface area contributed by atoms with Crippen LogP contribution in [-0.2, 0) is 7.05 Å². The van der Waals surface area contributed by atoms with Gasteiger partial charge in [0.1, 0.15) is 17.1 Å². The number of hydrogen-bond donors (Lipinski definition) is 3. The van der Waals surface area contributed by atoms with Crippen molar-refractivity contribution in [3.63, 3.8) is 0 Å². The number of carbonyl (C=O) groups excluding carboxylic acids is 2. The Labute approximate surface area is 256 Å². The van der Waals surface area contributed by atoms with Crippen molar-refractivity contribution in [2.75, 3.05) is 5.73 Å². The van der Waals surface area contributed by atoms with Crippen molar-refractivity contribution in [1.29, 1.82) is 0 Å². The zero-order chi connectivity index (χ0) is 31.8. The molecule has 13 heteroatoms. The summed E-state index contributed by atoms with van der Waals surface area (Å²) in [7, 11) is 1.64. The third-order valence-corrected chi connectivity index (χ3v) is 7.24. The zero-order valence-electron chi connectivity index (χ0n) is 24.6. The molecule has 0 aliphatic heterocycles. The maximum absolute atomic E-state index is 14.3. The third-order valence-electron chi connectivity index (χ3n) is 7.24. The first kappa shape index (κ1) is 29.0. The summed E-state index contributed by atoms with van der Waals surface area (Å²) in [6.45, 7) is 3.32. The molecule has 0 spiro atoms. The van der Waals surface area contributed by atoms with Crippen LogP contribution in [0.4, 0.5) is 5.82 Å². The minimum Gasteiger partial charge on any atom is -0.381 e. The number of aromatic nitrogens is 7. The van der Waals surface area contributed by atoms with Crippen molar-refractivity contribution in [3.05, 3.63) is 112 Å². The summed E-state index contributed by atoms with van der Waals surface area (Å²) >= 11 is 0. The molecule has 6 aromatic rings. The van der Waals surface area contributed by atoms with Gasteiger partial charge in [-0.1, -0.05) is 36.1 Å². The van der Waals surface area contributed by atoms with Crippen LogP contribution in [0.2, 0.25) is 0 Å². The van der Waals surface area contributed by atoms with Crippen molar-refractivity contribution < 1.29 is 9.59 Å². The van der Waals surface area contributed by atoms with Gasteiger partial charge in [0.2, 0.25) is 0 Å². The van der Waals surface area contributed by atoms with Gasteiger partial charge in [-0.15, -0.1) is 5.10 Å². The Kier molecular flexibility index (Phi) is 7.41. The highest BCUT2D eigenvalue weighted by molar-refractivity contribution is 6.04. The summed E-state index contributed by atoms with van der Waals surface area (Å²) in [5.74, 6) is 5.53. The average Bonchev–Trinajstić information content (AvgIpc) is 3.57. The van der Waals surface area contributed by atoms with Gasteiger partial charge in [0.25, 0.3) is 11.5 Å². The molecule has 1 amide bonds. The lowest BCUT2D eigenvalue weighted by Crippen LogP contribution is -2.33. The summed E-state index contributed by atoms with van der Waals surface area (Å²) in [4.78, 5) is 49.6. The molecule has 13 nitrogen and oxygen atoms in total. The Morgan fingerprint density at radius 2 is 1.76 bits per heavy atom. The maximum Gasteiger partial charge on any atom is 0.267 e. The lowest BCUT2D eigenvalue weighted by molar-refractivity contribution is 0.0937. The molecule has 1 unspecified atom stereocenters. The van der Waals surface area contributed by atoms with Crippen LogP contribution < -0.4 is 22.3 Å². The van der Waals surface area contributed by atoms with Crippen LogP contribution >= 0.6 is 0 Å². The van der Waals surface area contributed by atoms with Crippen LogP contribution in [0.1, 0.15) is 57.7 Å². The number of nitrogen functional groups attached to an aromatic ring is 1. The fourth-order valence-corrected chi connectivity index (χ4v) is 5.10. The van der Waals surface area contributed by atoms with Crippen LogP contribution in [0.15, 0.2) is 78.0 Å². The number of rotatable bonds is 6. The molecule has 0 radical (unpaired) electrons. The number of nitrogens with two attached hydrogens (primary N) is 2. The normalized spacial score (nSPS) is 12.4. The summed E-state index contributed by atoms with van der Waals surface area (Å²) < 4.78 is 4.30. The summed E-state index contributed by atoms with van der Waals surface area (Å²) in [5.41, 5.74) is 13.9. The van der Waals surface area contributed by atoms with Gasteiger partial charge in [-0.25, -0.2) is 14.5 Å². The van der Waals surface area contributed by atoms with Gasteiger partial charge >= 0.3 is 0 Å². The highest BCUT2D eigenvalue weighted by atomic mass is 16.2. The Balaban J connectivity index is 1.47. The van der Waals surface area contributed by atoms with Gasteiger partial charge in [-0.2, -0.15) is 5.10 Å². The first-order valence-corrected chi connectivity index (χ1v) is 14.0. The predicted octanol–water partition coefficient (Wildman–Crippen LogP) is 2.16. The van der Waals surface area contributed by atoms with Crippen molar-refractivity contribution in [1.82, 2.24) is 39.2 Å². The third kappa shape index (κ3) is 5.19. The number of hydrogen-bond acceptors (Lipinski definition) is 9. The maximum atomic E-state index is 14.3. The Bertz CT molecular complexity index is 2240. The molecule has 5 N–H and O–H groups in total. The monoisotopic (exact) mass is 600 g/mol. The largest absolute Gasteiger partial charge is 0.381 e. The number of nitrogens with one attached hydrogen (secondary N) is 1. The van der Waals surface area contributed by atoms with E-state index in [1.807, 2.05) is 6.07 Å². The molecule has 0 fully saturated rings. The summed E-state index contributed by atoms with van der Waals surface area (Å²) in [5, 5.41) is 11.5. The number of fused-ring (bicyclic) bond motifs is 2. The van der Waals surface area contributed by atoms with E-state index in [0.29, 0.717) is 28.0 Å². The topological polar surface area (TPSA) is 181 Å². The second-order valence-electron chi connectivity index (χ2n) is 10.4. The standard InChI is InChI=1S/C32H28N10O3/c1-18(33)27(43)26-21(17-36-40(26)3)14-13-20-9-7-12-23-24(20)32(45)42(22-10-5-4-6-11-22)29(38-23)19(2)37-31(44)25-28(34)39-41-16-8-15-35-30(25)41/h4-12,15-19H,33H2,1-3H3,(H2,34,39)(H,37,44)/t18?,19-/m1/s1. The highest BCUT2D eigenvalue weighted by Gasteiger charge is 2.25. The van der Waals surface area contributed by atoms with E-state index in [1.165, 1.54) is 20.0 Å². The Morgan fingerprint density at radius 1 is 1.00 bits per heavy atom. The van der Waals surface area contributed by atoms with Crippen LogP contribution in [0.5, 0.6) is 0 Å². The molecular formula is C32H28N10O3. The van der Waals surface area contributed by atoms with E-state index < -0.39 is 18.0 Å². The molecule has 224 valence electrons. The number of Topliss-reactive ketones (excluding diaryl/α,β-unsaturated/α-hetero) is 1.